The Bertz CT molecular complexity index is 247. The van der Waals surface area contributed by atoms with Crippen molar-refractivity contribution in [2.24, 2.45) is 11.8 Å². The maximum Gasteiger partial charge on any atom is 0.327 e. The predicted octanol–water partition coefficient (Wildman–Crippen LogP) is 0.562. The molecule has 1 saturated heterocycles. The fourth-order valence-corrected chi connectivity index (χ4v) is 3.13. The number of carbonyl (C=O) groups excluding carboxylic acids is 1. The molecule has 2 unspecified atom stereocenters. The van der Waals surface area contributed by atoms with E-state index in [9.17, 15) is 4.79 Å². The van der Waals surface area contributed by atoms with Crippen molar-refractivity contribution in [1.29, 1.82) is 0 Å². The monoisotopic (exact) mass is 227 g/mol. The highest BCUT2D eigenvalue weighted by Gasteiger charge is 2.35. The van der Waals surface area contributed by atoms with Crippen LogP contribution >= 0.6 is 0 Å². The Kier molecular flexibility index (Phi) is 4.15. The Hall–Kier alpha value is -0.650. The highest BCUT2D eigenvalue weighted by atomic mass is 16.7. The molecule has 0 radical (unpaired) electrons. The van der Waals surface area contributed by atoms with Gasteiger partial charge in [-0.3, -0.25) is 9.69 Å². The molecule has 0 aromatic rings. The van der Waals surface area contributed by atoms with E-state index in [4.69, 9.17) is 5.84 Å². The van der Waals surface area contributed by atoms with Gasteiger partial charge in [0.15, 0.2) is 0 Å². The Morgan fingerprint density at radius 3 is 3.00 bits per heavy atom. The van der Waals surface area contributed by atoms with Crippen LogP contribution in [0.15, 0.2) is 0 Å². The molecule has 1 aliphatic heterocycles. The lowest BCUT2D eigenvalue weighted by Crippen LogP contribution is -2.37. The number of nitrogens with zero attached hydrogens (tertiary/aromatic N) is 1. The molecule has 0 bridgehead atoms. The standard InChI is InChI=1S/C11H21N3O2/c12-13-16-11(15)6-8-14-7-5-9-3-1-2-4-10(9)14/h9-10,13H,1-8,12H2. The van der Waals surface area contributed by atoms with Crippen LogP contribution in [-0.4, -0.2) is 30.0 Å². The highest BCUT2D eigenvalue weighted by molar-refractivity contribution is 5.69. The van der Waals surface area contributed by atoms with Gasteiger partial charge in [-0.1, -0.05) is 18.4 Å². The van der Waals surface area contributed by atoms with Crippen LogP contribution in [-0.2, 0) is 9.63 Å². The Balaban J connectivity index is 1.75. The molecule has 0 aromatic carbocycles. The van der Waals surface area contributed by atoms with Crippen LogP contribution in [0, 0.1) is 5.92 Å². The summed E-state index contributed by atoms with van der Waals surface area (Å²) < 4.78 is 0. The first-order chi connectivity index (χ1) is 7.81. The number of rotatable bonds is 4. The van der Waals surface area contributed by atoms with E-state index in [1.807, 2.05) is 5.59 Å². The number of carbonyl (C=O) groups is 1. The summed E-state index contributed by atoms with van der Waals surface area (Å²) in [7, 11) is 0. The van der Waals surface area contributed by atoms with Crippen LogP contribution in [0.1, 0.15) is 38.5 Å². The lowest BCUT2D eigenvalue weighted by Gasteiger charge is -2.31. The molecule has 5 nitrogen and oxygen atoms in total. The van der Waals surface area contributed by atoms with Crippen molar-refractivity contribution in [2.75, 3.05) is 13.1 Å². The van der Waals surface area contributed by atoms with Gasteiger partial charge in [-0.05, 0) is 31.7 Å². The van der Waals surface area contributed by atoms with Crippen molar-refractivity contribution in [3.63, 3.8) is 0 Å². The van der Waals surface area contributed by atoms with Crippen molar-refractivity contribution >= 4 is 5.97 Å². The van der Waals surface area contributed by atoms with Crippen LogP contribution in [0.5, 0.6) is 0 Å². The van der Waals surface area contributed by atoms with Gasteiger partial charge >= 0.3 is 5.97 Å². The summed E-state index contributed by atoms with van der Waals surface area (Å²) in [6.45, 7) is 1.94. The second kappa shape index (κ2) is 5.61. The Morgan fingerprint density at radius 2 is 2.19 bits per heavy atom. The van der Waals surface area contributed by atoms with Crippen molar-refractivity contribution in [2.45, 2.75) is 44.6 Å². The van der Waals surface area contributed by atoms with E-state index in [1.54, 1.807) is 0 Å². The molecule has 16 heavy (non-hydrogen) atoms. The van der Waals surface area contributed by atoms with Gasteiger partial charge in [-0.15, -0.1) is 0 Å². The third-order valence-corrected chi connectivity index (χ3v) is 3.90. The van der Waals surface area contributed by atoms with Gasteiger partial charge in [0.05, 0.1) is 6.42 Å². The molecule has 1 saturated carbocycles. The van der Waals surface area contributed by atoms with Crippen molar-refractivity contribution in [3.05, 3.63) is 0 Å². The third kappa shape index (κ3) is 2.72. The van der Waals surface area contributed by atoms with E-state index >= 15 is 0 Å². The van der Waals surface area contributed by atoms with Crippen LogP contribution in [0.25, 0.3) is 0 Å². The number of hydrogen-bond donors (Lipinski definition) is 2. The SMILES string of the molecule is NNOC(=O)CCN1CCC2CCCCC21. The quantitative estimate of drug-likeness (QED) is 0.542. The molecule has 2 fully saturated rings. The van der Waals surface area contributed by atoms with Gasteiger partial charge in [0.25, 0.3) is 0 Å². The van der Waals surface area contributed by atoms with Crippen molar-refractivity contribution < 1.29 is 9.63 Å². The number of hydrazine groups is 1. The van der Waals surface area contributed by atoms with E-state index in [2.05, 4.69) is 9.74 Å². The molecular weight excluding hydrogens is 206 g/mol. The first-order valence-electron chi connectivity index (χ1n) is 6.20. The van der Waals surface area contributed by atoms with E-state index in [0.29, 0.717) is 12.5 Å². The van der Waals surface area contributed by atoms with Gasteiger partial charge < -0.3 is 4.84 Å². The van der Waals surface area contributed by atoms with Crippen LogP contribution in [0.4, 0.5) is 0 Å². The zero-order valence-electron chi connectivity index (χ0n) is 9.65. The molecule has 0 aromatic heterocycles. The van der Waals surface area contributed by atoms with Crippen LogP contribution in [0.3, 0.4) is 0 Å². The number of fused-ring (bicyclic) bond motifs is 1. The van der Waals surface area contributed by atoms with E-state index in [-0.39, 0.29) is 5.97 Å². The van der Waals surface area contributed by atoms with Crippen LogP contribution < -0.4 is 11.4 Å². The molecule has 92 valence electrons. The maximum atomic E-state index is 11.2. The van der Waals surface area contributed by atoms with Gasteiger partial charge in [0, 0.05) is 12.6 Å². The van der Waals surface area contributed by atoms with Gasteiger partial charge in [0.2, 0.25) is 0 Å². The average Bonchev–Trinajstić information content (AvgIpc) is 2.70. The minimum Gasteiger partial charge on any atom is -0.356 e. The molecule has 2 atom stereocenters. The van der Waals surface area contributed by atoms with Crippen LogP contribution in [0.2, 0.25) is 0 Å². The second-order valence-electron chi connectivity index (χ2n) is 4.78. The highest BCUT2D eigenvalue weighted by Crippen LogP contribution is 2.35. The first-order valence-corrected chi connectivity index (χ1v) is 6.20. The number of nitrogens with two attached hydrogens (primary N) is 1. The van der Waals surface area contributed by atoms with E-state index < -0.39 is 0 Å². The lowest BCUT2D eigenvalue weighted by molar-refractivity contribution is -0.151. The fourth-order valence-electron chi connectivity index (χ4n) is 3.13. The maximum absolute atomic E-state index is 11.2. The van der Waals surface area contributed by atoms with Crippen molar-refractivity contribution in [3.8, 4) is 0 Å². The summed E-state index contributed by atoms with van der Waals surface area (Å²) in [4.78, 5) is 18.1. The van der Waals surface area contributed by atoms with Gasteiger partial charge in [-0.2, -0.15) is 0 Å². The van der Waals surface area contributed by atoms with E-state index in [0.717, 1.165) is 19.0 Å². The molecule has 0 spiro atoms. The van der Waals surface area contributed by atoms with Gasteiger partial charge in [-0.25, -0.2) is 5.84 Å². The second-order valence-corrected chi connectivity index (χ2v) is 4.78. The molecule has 2 rings (SSSR count). The molecule has 1 heterocycles. The largest absolute Gasteiger partial charge is 0.356 e. The number of hydrogen-bond acceptors (Lipinski definition) is 5. The first kappa shape index (κ1) is 11.8. The Labute approximate surface area is 96.2 Å². The summed E-state index contributed by atoms with van der Waals surface area (Å²) in [5.41, 5.74) is 1.93. The number of nitrogens with one attached hydrogen (secondary N) is 1. The molecule has 5 heteroatoms. The zero-order valence-corrected chi connectivity index (χ0v) is 9.65. The summed E-state index contributed by atoms with van der Waals surface area (Å²) in [5, 5.41) is 0. The third-order valence-electron chi connectivity index (χ3n) is 3.90. The summed E-state index contributed by atoms with van der Waals surface area (Å²) in [6, 6.07) is 0.715. The zero-order chi connectivity index (χ0) is 11.4. The summed E-state index contributed by atoms with van der Waals surface area (Å²) >= 11 is 0. The van der Waals surface area contributed by atoms with Crippen molar-refractivity contribution in [1.82, 2.24) is 10.5 Å². The van der Waals surface area contributed by atoms with Gasteiger partial charge in [0.1, 0.15) is 0 Å². The average molecular weight is 227 g/mol. The minimum absolute atomic E-state index is 0.276. The number of likely N-dealkylation sites (tertiary alicyclic amines) is 1. The molecular formula is C11H21N3O2. The topological polar surface area (TPSA) is 67.6 Å². The minimum atomic E-state index is -0.276. The smallest absolute Gasteiger partial charge is 0.327 e. The lowest BCUT2D eigenvalue weighted by atomic mass is 9.85. The predicted molar refractivity (Wildman–Crippen MR) is 60.0 cm³/mol. The molecule has 2 aliphatic rings. The Morgan fingerprint density at radius 1 is 1.38 bits per heavy atom. The molecule has 1 aliphatic carbocycles. The van der Waals surface area contributed by atoms with E-state index in [1.165, 1.54) is 32.1 Å². The molecule has 3 N–H and O–H groups in total. The fraction of sp³-hybridized carbons (Fsp3) is 0.909. The summed E-state index contributed by atoms with van der Waals surface area (Å²) in [6.07, 6.45) is 7.12. The summed E-state index contributed by atoms with van der Waals surface area (Å²) in [5.74, 6) is 5.51. The normalized spacial score (nSPS) is 30.1. The molecule has 0 amide bonds.